The zero-order valence-electron chi connectivity index (χ0n) is 14.3. The van der Waals surface area contributed by atoms with E-state index in [0.717, 1.165) is 21.5 Å². The summed E-state index contributed by atoms with van der Waals surface area (Å²) < 4.78 is 6.37. The molecule has 0 saturated carbocycles. The number of rotatable bonds is 6. The molecule has 2 N–H and O–H groups in total. The van der Waals surface area contributed by atoms with Gasteiger partial charge in [0.2, 0.25) is 0 Å². The second-order valence-electron chi connectivity index (χ2n) is 5.60. The van der Waals surface area contributed by atoms with Crippen molar-refractivity contribution in [3.63, 3.8) is 0 Å². The quantitative estimate of drug-likeness (QED) is 0.536. The second kappa shape index (κ2) is 8.54. The number of halogens is 1. The molecule has 3 aromatic rings. The van der Waals surface area contributed by atoms with Gasteiger partial charge in [-0.25, -0.2) is 0 Å². The third-order valence-corrected chi connectivity index (χ3v) is 4.18. The molecule has 3 rings (SSSR count). The van der Waals surface area contributed by atoms with Crippen molar-refractivity contribution in [1.82, 2.24) is 0 Å². The van der Waals surface area contributed by atoms with Crippen LogP contribution in [-0.2, 0) is 0 Å². The molecule has 0 heterocycles. The molecule has 0 radical (unpaired) electrons. The fourth-order valence-electron chi connectivity index (χ4n) is 2.48. The molecule has 132 valence electrons. The van der Waals surface area contributed by atoms with Crippen molar-refractivity contribution >= 4 is 38.9 Å². The van der Waals surface area contributed by atoms with Gasteiger partial charge in [0.1, 0.15) is 5.75 Å². The molecule has 0 atom stereocenters. The average Bonchev–Trinajstić information content (AvgIpc) is 2.66. The molecule has 0 aromatic heterocycles. The Labute approximate surface area is 161 Å². The van der Waals surface area contributed by atoms with Gasteiger partial charge < -0.3 is 15.4 Å². The van der Waals surface area contributed by atoms with E-state index in [1.165, 1.54) is 0 Å². The number of hydrogen-bond donors (Lipinski definition) is 2. The number of anilines is 3. The molecule has 1 amide bonds. The predicted octanol–water partition coefficient (Wildman–Crippen LogP) is 5.84. The highest BCUT2D eigenvalue weighted by Crippen LogP contribution is 2.25. The minimum atomic E-state index is -0.210. The Balaban J connectivity index is 1.71. The maximum atomic E-state index is 12.6. The molecule has 3 aromatic carbocycles. The number of benzene rings is 3. The van der Waals surface area contributed by atoms with Gasteiger partial charge in [-0.15, -0.1) is 0 Å². The summed E-state index contributed by atoms with van der Waals surface area (Å²) in [5.41, 5.74) is 3.18. The summed E-state index contributed by atoms with van der Waals surface area (Å²) in [5.74, 6) is 0.356. The Bertz CT molecular complexity index is 880. The van der Waals surface area contributed by atoms with E-state index in [1.807, 2.05) is 67.6 Å². The third-order valence-electron chi connectivity index (χ3n) is 3.69. The van der Waals surface area contributed by atoms with Crippen LogP contribution in [0.1, 0.15) is 17.3 Å². The van der Waals surface area contributed by atoms with Gasteiger partial charge in [0.15, 0.2) is 0 Å². The van der Waals surface area contributed by atoms with Crippen LogP contribution in [0.25, 0.3) is 0 Å². The lowest BCUT2D eigenvalue weighted by Gasteiger charge is -2.12. The standard InChI is InChI=1S/C21H19BrN2O2/c1-2-26-20-13-8-15(22)14-19(20)21(25)24-18-11-9-17(10-12-18)23-16-6-4-3-5-7-16/h3-14,23H,2H2,1H3,(H,24,25). The van der Waals surface area contributed by atoms with Crippen molar-refractivity contribution in [3.8, 4) is 5.75 Å². The highest BCUT2D eigenvalue weighted by molar-refractivity contribution is 9.10. The molecule has 4 nitrogen and oxygen atoms in total. The van der Waals surface area contributed by atoms with Crippen LogP contribution in [0.2, 0.25) is 0 Å². The molecule has 0 spiro atoms. The minimum Gasteiger partial charge on any atom is -0.493 e. The molecular weight excluding hydrogens is 392 g/mol. The molecule has 0 aliphatic rings. The van der Waals surface area contributed by atoms with Crippen LogP contribution in [0, 0.1) is 0 Å². The van der Waals surface area contributed by atoms with Crippen molar-refractivity contribution in [2.45, 2.75) is 6.92 Å². The minimum absolute atomic E-state index is 0.210. The molecule has 26 heavy (non-hydrogen) atoms. The number of nitrogens with one attached hydrogen (secondary N) is 2. The van der Waals surface area contributed by atoms with Crippen molar-refractivity contribution in [2.75, 3.05) is 17.2 Å². The lowest BCUT2D eigenvalue weighted by molar-refractivity contribution is 0.102. The molecule has 0 saturated heterocycles. The molecule has 0 unspecified atom stereocenters. The van der Waals surface area contributed by atoms with E-state index >= 15 is 0 Å². The zero-order valence-corrected chi connectivity index (χ0v) is 15.9. The van der Waals surface area contributed by atoms with E-state index in [-0.39, 0.29) is 5.91 Å². The van der Waals surface area contributed by atoms with Crippen molar-refractivity contribution in [2.24, 2.45) is 0 Å². The summed E-state index contributed by atoms with van der Waals surface area (Å²) in [6.45, 7) is 2.39. The lowest BCUT2D eigenvalue weighted by Crippen LogP contribution is -2.13. The first-order valence-corrected chi connectivity index (χ1v) is 9.11. The largest absolute Gasteiger partial charge is 0.493 e. The zero-order chi connectivity index (χ0) is 18.4. The first-order chi connectivity index (χ1) is 12.7. The Morgan fingerprint density at radius 3 is 2.27 bits per heavy atom. The van der Waals surface area contributed by atoms with Crippen LogP contribution >= 0.6 is 15.9 Å². The first kappa shape index (κ1) is 18.0. The first-order valence-electron chi connectivity index (χ1n) is 8.31. The molecule has 0 bridgehead atoms. The summed E-state index contributed by atoms with van der Waals surface area (Å²) in [5, 5.41) is 6.22. The smallest absolute Gasteiger partial charge is 0.259 e. The molecule has 5 heteroatoms. The van der Waals surface area contributed by atoms with E-state index in [2.05, 4.69) is 26.6 Å². The second-order valence-corrected chi connectivity index (χ2v) is 6.51. The van der Waals surface area contributed by atoms with E-state index in [0.29, 0.717) is 17.9 Å². The van der Waals surface area contributed by atoms with E-state index in [4.69, 9.17) is 4.74 Å². The van der Waals surface area contributed by atoms with Gasteiger partial charge >= 0.3 is 0 Å². The van der Waals surface area contributed by atoms with Crippen molar-refractivity contribution in [3.05, 3.63) is 82.8 Å². The summed E-state index contributed by atoms with van der Waals surface area (Å²) in [4.78, 5) is 12.6. The number of carbonyl (C=O) groups excluding carboxylic acids is 1. The highest BCUT2D eigenvalue weighted by Gasteiger charge is 2.13. The fourth-order valence-corrected chi connectivity index (χ4v) is 2.85. The normalized spacial score (nSPS) is 10.2. The predicted molar refractivity (Wildman–Crippen MR) is 109 cm³/mol. The Kier molecular flexibility index (Phi) is 5.92. The Hall–Kier alpha value is -2.79. The molecule has 0 aliphatic heterocycles. The molecule has 0 aliphatic carbocycles. The van der Waals surface area contributed by atoms with Crippen LogP contribution in [0.3, 0.4) is 0 Å². The number of amides is 1. The maximum absolute atomic E-state index is 12.6. The van der Waals surface area contributed by atoms with Gasteiger partial charge in [0, 0.05) is 21.5 Å². The topological polar surface area (TPSA) is 50.4 Å². The Morgan fingerprint density at radius 2 is 1.58 bits per heavy atom. The van der Waals surface area contributed by atoms with Gasteiger partial charge in [-0.2, -0.15) is 0 Å². The van der Waals surface area contributed by atoms with Crippen molar-refractivity contribution in [1.29, 1.82) is 0 Å². The van der Waals surface area contributed by atoms with Gasteiger partial charge in [-0.3, -0.25) is 4.79 Å². The number of para-hydroxylation sites is 1. The van der Waals surface area contributed by atoms with E-state index < -0.39 is 0 Å². The summed E-state index contributed by atoms with van der Waals surface area (Å²) >= 11 is 3.40. The van der Waals surface area contributed by atoms with Crippen LogP contribution in [0.4, 0.5) is 17.1 Å². The number of ether oxygens (including phenoxy) is 1. The summed E-state index contributed by atoms with van der Waals surface area (Å²) in [7, 11) is 0. The molecular formula is C21H19BrN2O2. The summed E-state index contributed by atoms with van der Waals surface area (Å²) in [6, 6.07) is 22.9. The van der Waals surface area contributed by atoms with Gasteiger partial charge in [0.25, 0.3) is 5.91 Å². The third kappa shape index (κ3) is 4.64. The Morgan fingerprint density at radius 1 is 0.923 bits per heavy atom. The monoisotopic (exact) mass is 410 g/mol. The lowest BCUT2D eigenvalue weighted by atomic mass is 10.1. The number of carbonyl (C=O) groups is 1. The van der Waals surface area contributed by atoms with E-state index in [1.54, 1.807) is 12.1 Å². The van der Waals surface area contributed by atoms with Gasteiger partial charge in [0.05, 0.1) is 12.2 Å². The van der Waals surface area contributed by atoms with Crippen LogP contribution in [0.5, 0.6) is 5.75 Å². The van der Waals surface area contributed by atoms with Crippen LogP contribution < -0.4 is 15.4 Å². The average molecular weight is 411 g/mol. The van der Waals surface area contributed by atoms with Gasteiger partial charge in [-0.05, 0) is 61.5 Å². The fraction of sp³-hybridized carbons (Fsp3) is 0.0952. The summed E-state index contributed by atoms with van der Waals surface area (Å²) in [6.07, 6.45) is 0. The van der Waals surface area contributed by atoms with E-state index in [9.17, 15) is 4.79 Å². The SMILES string of the molecule is CCOc1ccc(Br)cc1C(=O)Nc1ccc(Nc2ccccc2)cc1. The van der Waals surface area contributed by atoms with Crippen molar-refractivity contribution < 1.29 is 9.53 Å². The highest BCUT2D eigenvalue weighted by atomic mass is 79.9. The maximum Gasteiger partial charge on any atom is 0.259 e. The molecule has 0 fully saturated rings. The van der Waals surface area contributed by atoms with Crippen LogP contribution in [-0.4, -0.2) is 12.5 Å². The van der Waals surface area contributed by atoms with Gasteiger partial charge in [-0.1, -0.05) is 34.1 Å². The number of hydrogen-bond acceptors (Lipinski definition) is 3. The van der Waals surface area contributed by atoms with Crippen LogP contribution in [0.15, 0.2) is 77.3 Å².